The maximum Gasteiger partial charge on any atom is 0.151 e. The maximum atomic E-state index is 5.92. The van der Waals surface area contributed by atoms with Gasteiger partial charge in [0.15, 0.2) is 5.82 Å². The lowest BCUT2D eigenvalue weighted by molar-refractivity contribution is 0.899. The fourth-order valence-electron chi connectivity index (χ4n) is 1.93. The standard InChI is InChI=1S/C14H16ClN3/c1-10-4-3-5-11(6-10)9-18(2)14-13(16)7-12(15)8-17-14/h3-8H,9,16H2,1-2H3. The lowest BCUT2D eigenvalue weighted by atomic mass is 10.1. The largest absolute Gasteiger partial charge is 0.396 e. The molecular formula is C14H16ClN3. The molecule has 3 nitrogen and oxygen atoms in total. The van der Waals surface area contributed by atoms with Crippen molar-refractivity contribution in [1.29, 1.82) is 0 Å². The summed E-state index contributed by atoms with van der Waals surface area (Å²) in [7, 11) is 1.97. The summed E-state index contributed by atoms with van der Waals surface area (Å²) in [6, 6.07) is 10.1. The number of nitrogens with zero attached hydrogens (tertiary/aromatic N) is 2. The Morgan fingerprint density at radius 3 is 2.78 bits per heavy atom. The fraction of sp³-hybridized carbons (Fsp3) is 0.214. The molecule has 0 aliphatic carbocycles. The van der Waals surface area contributed by atoms with Crippen molar-refractivity contribution in [2.45, 2.75) is 13.5 Å². The second-order valence-electron chi connectivity index (χ2n) is 4.41. The molecule has 1 aromatic heterocycles. The van der Waals surface area contributed by atoms with Crippen molar-refractivity contribution in [3.63, 3.8) is 0 Å². The molecule has 0 aliphatic heterocycles. The second-order valence-corrected chi connectivity index (χ2v) is 4.85. The zero-order valence-electron chi connectivity index (χ0n) is 10.5. The highest BCUT2D eigenvalue weighted by atomic mass is 35.5. The molecule has 18 heavy (non-hydrogen) atoms. The van der Waals surface area contributed by atoms with Gasteiger partial charge in [0.25, 0.3) is 0 Å². The molecule has 0 unspecified atom stereocenters. The molecule has 0 bridgehead atoms. The minimum Gasteiger partial charge on any atom is -0.396 e. The molecule has 0 radical (unpaired) electrons. The van der Waals surface area contributed by atoms with E-state index in [-0.39, 0.29) is 0 Å². The Bertz CT molecular complexity index is 554. The van der Waals surface area contributed by atoms with Crippen LogP contribution in [0.1, 0.15) is 11.1 Å². The molecular weight excluding hydrogens is 246 g/mol. The van der Waals surface area contributed by atoms with Crippen molar-refractivity contribution in [3.8, 4) is 0 Å². The Kier molecular flexibility index (Phi) is 3.72. The van der Waals surface area contributed by atoms with Gasteiger partial charge in [-0.25, -0.2) is 4.98 Å². The first kappa shape index (κ1) is 12.7. The van der Waals surface area contributed by atoms with Gasteiger partial charge in [0.2, 0.25) is 0 Å². The SMILES string of the molecule is Cc1cccc(CN(C)c2ncc(Cl)cc2N)c1. The highest BCUT2D eigenvalue weighted by Crippen LogP contribution is 2.23. The number of hydrogen-bond donors (Lipinski definition) is 1. The molecule has 4 heteroatoms. The van der Waals surface area contributed by atoms with Crippen LogP contribution in [0.15, 0.2) is 36.5 Å². The van der Waals surface area contributed by atoms with Gasteiger partial charge in [-0.05, 0) is 18.6 Å². The number of benzene rings is 1. The number of rotatable bonds is 3. The number of anilines is 2. The second kappa shape index (κ2) is 5.27. The maximum absolute atomic E-state index is 5.92. The third-order valence-electron chi connectivity index (χ3n) is 2.73. The number of nitrogen functional groups attached to an aromatic ring is 1. The zero-order chi connectivity index (χ0) is 13.1. The molecule has 94 valence electrons. The minimum absolute atomic E-state index is 0.556. The molecule has 0 spiro atoms. The molecule has 2 rings (SSSR count). The van der Waals surface area contributed by atoms with E-state index in [0.717, 1.165) is 12.4 Å². The van der Waals surface area contributed by atoms with Crippen LogP contribution in [-0.4, -0.2) is 12.0 Å². The van der Waals surface area contributed by atoms with Crippen LogP contribution in [0.3, 0.4) is 0 Å². The van der Waals surface area contributed by atoms with Crippen LogP contribution in [0, 0.1) is 6.92 Å². The Balaban J connectivity index is 2.19. The highest BCUT2D eigenvalue weighted by molar-refractivity contribution is 6.30. The normalized spacial score (nSPS) is 10.4. The molecule has 0 saturated heterocycles. The van der Waals surface area contributed by atoms with Crippen molar-refractivity contribution >= 4 is 23.1 Å². The smallest absolute Gasteiger partial charge is 0.151 e. The van der Waals surface area contributed by atoms with Crippen LogP contribution in [0.2, 0.25) is 5.02 Å². The average molecular weight is 262 g/mol. The van der Waals surface area contributed by atoms with Gasteiger partial charge in [0.05, 0.1) is 10.7 Å². The number of nitrogens with two attached hydrogens (primary N) is 1. The van der Waals surface area contributed by atoms with Crippen LogP contribution >= 0.6 is 11.6 Å². The quantitative estimate of drug-likeness (QED) is 0.922. The summed E-state index contributed by atoms with van der Waals surface area (Å²) in [5.74, 6) is 0.751. The molecule has 0 amide bonds. The van der Waals surface area contributed by atoms with Gasteiger partial charge >= 0.3 is 0 Å². The first-order valence-corrected chi connectivity index (χ1v) is 6.12. The Morgan fingerprint density at radius 1 is 1.33 bits per heavy atom. The first-order valence-electron chi connectivity index (χ1n) is 5.74. The van der Waals surface area contributed by atoms with Gasteiger partial charge in [-0.2, -0.15) is 0 Å². The van der Waals surface area contributed by atoms with Crippen LogP contribution < -0.4 is 10.6 Å². The Labute approximate surface area is 112 Å². The summed E-state index contributed by atoms with van der Waals surface area (Å²) in [6.07, 6.45) is 1.61. The van der Waals surface area contributed by atoms with E-state index in [1.54, 1.807) is 12.3 Å². The predicted molar refractivity (Wildman–Crippen MR) is 76.9 cm³/mol. The van der Waals surface area contributed by atoms with Gasteiger partial charge < -0.3 is 10.6 Å². The summed E-state index contributed by atoms with van der Waals surface area (Å²) in [4.78, 5) is 6.28. The van der Waals surface area contributed by atoms with E-state index in [1.165, 1.54) is 11.1 Å². The van der Waals surface area contributed by atoms with Crippen molar-refractivity contribution in [1.82, 2.24) is 4.98 Å². The third-order valence-corrected chi connectivity index (χ3v) is 2.93. The molecule has 0 atom stereocenters. The van der Waals surface area contributed by atoms with Gasteiger partial charge in [-0.1, -0.05) is 41.4 Å². The number of hydrogen-bond acceptors (Lipinski definition) is 3. The Hall–Kier alpha value is -1.74. The van der Waals surface area contributed by atoms with Gasteiger partial charge in [0.1, 0.15) is 0 Å². The van der Waals surface area contributed by atoms with Gasteiger partial charge in [-0.15, -0.1) is 0 Å². The zero-order valence-corrected chi connectivity index (χ0v) is 11.3. The van der Waals surface area contributed by atoms with Crippen LogP contribution in [0.5, 0.6) is 0 Å². The topological polar surface area (TPSA) is 42.2 Å². The van der Waals surface area contributed by atoms with E-state index in [1.807, 2.05) is 11.9 Å². The average Bonchev–Trinajstić information content (AvgIpc) is 2.28. The van der Waals surface area contributed by atoms with Crippen LogP contribution in [0.4, 0.5) is 11.5 Å². The fourth-order valence-corrected chi connectivity index (χ4v) is 2.09. The molecule has 1 aromatic carbocycles. The van der Waals surface area contributed by atoms with E-state index in [0.29, 0.717) is 10.7 Å². The summed E-state index contributed by atoms with van der Waals surface area (Å²) in [5.41, 5.74) is 8.99. The summed E-state index contributed by atoms with van der Waals surface area (Å²) in [6.45, 7) is 2.85. The third kappa shape index (κ3) is 2.93. The van der Waals surface area contributed by atoms with E-state index in [4.69, 9.17) is 17.3 Å². The molecule has 2 aromatic rings. The van der Waals surface area contributed by atoms with Crippen molar-refractivity contribution in [2.75, 3.05) is 17.7 Å². The van der Waals surface area contributed by atoms with E-state index in [9.17, 15) is 0 Å². The predicted octanol–water partition coefficient (Wildman–Crippen LogP) is 3.26. The number of halogens is 1. The molecule has 0 saturated carbocycles. The van der Waals surface area contributed by atoms with Gasteiger partial charge in [0, 0.05) is 19.8 Å². The lowest BCUT2D eigenvalue weighted by Gasteiger charge is -2.20. The first-order chi connectivity index (χ1) is 8.56. The van der Waals surface area contributed by atoms with Gasteiger partial charge in [-0.3, -0.25) is 0 Å². The number of pyridine rings is 1. The highest BCUT2D eigenvalue weighted by Gasteiger charge is 2.08. The van der Waals surface area contributed by atoms with E-state index < -0.39 is 0 Å². The molecule has 2 N–H and O–H groups in total. The number of aromatic nitrogens is 1. The molecule has 0 fully saturated rings. The molecule has 1 heterocycles. The van der Waals surface area contributed by atoms with Crippen LogP contribution in [-0.2, 0) is 6.54 Å². The monoisotopic (exact) mass is 261 g/mol. The van der Waals surface area contributed by atoms with Crippen molar-refractivity contribution < 1.29 is 0 Å². The summed E-state index contributed by atoms with van der Waals surface area (Å²) in [5, 5.41) is 0.556. The summed E-state index contributed by atoms with van der Waals surface area (Å²) < 4.78 is 0. The minimum atomic E-state index is 0.556. The summed E-state index contributed by atoms with van der Waals surface area (Å²) >= 11 is 5.84. The molecule has 0 aliphatic rings. The number of aryl methyl sites for hydroxylation is 1. The Morgan fingerprint density at radius 2 is 2.11 bits per heavy atom. The van der Waals surface area contributed by atoms with Crippen LogP contribution in [0.25, 0.3) is 0 Å². The van der Waals surface area contributed by atoms with E-state index in [2.05, 4.69) is 36.2 Å². The van der Waals surface area contributed by atoms with Crippen molar-refractivity contribution in [2.24, 2.45) is 0 Å². The van der Waals surface area contributed by atoms with Crippen molar-refractivity contribution in [3.05, 3.63) is 52.7 Å². The lowest BCUT2D eigenvalue weighted by Crippen LogP contribution is -2.19. The van der Waals surface area contributed by atoms with E-state index >= 15 is 0 Å².